The van der Waals surface area contributed by atoms with Crippen molar-refractivity contribution in [3.8, 4) is 17.6 Å². The highest BCUT2D eigenvalue weighted by Crippen LogP contribution is 2.23. The number of ether oxygens (including phenoxy) is 1. The van der Waals surface area contributed by atoms with Crippen LogP contribution in [0.25, 0.3) is 0 Å². The molecule has 0 saturated carbocycles. The number of urea groups is 1. The Morgan fingerprint density at radius 2 is 1.84 bits per heavy atom. The first-order valence-corrected chi connectivity index (χ1v) is 8.13. The molecule has 0 bridgehead atoms. The second kappa shape index (κ2) is 9.24. The van der Waals surface area contributed by atoms with Crippen LogP contribution in [0.1, 0.15) is 12.5 Å². The zero-order valence-electron chi connectivity index (χ0n) is 14.8. The van der Waals surface area contributed by atoms with Crippen molar-refractivity contribution in [1.82, 2.24) is 5.32 Å². The molecule has 130 valence electrons. The van der Waals surface area contributed by atoms with E-state index < -0.39 is 0 Å². The molecule has 0 saturated heterocycles. The summed E-state index contributed by atoms with van der Waals surface area (Å²) in [6.45, 7) is 2.70. The maximum atomic E-state index is 11.9. The standard InChI is InChI=1S/C20H23N3O2/c1-4-25-19-10-6-5-9-18(19)22-20(24)21-15-7-8-16-11-13-17(14-12-16)23(2)3/h5-6,9-14H,4,15H2,1-3H3,(H2,21,22,24). The van der Waals surface area contributed by atoms with Gasteiger partial charge in [0.1, 0.15) is 5.75 Å². The molecule has 0 atom stereocenters. The molecule has 0 aliphatic heterocycles. The molecule has 5 heteroatoms. The second-order valence-electron chi connectivity index (χ2n) is 5.48. The van der Waals surface area contributed by atoms with E-state index in [0.29, 0.717) is 18.0 Å². The van der Waals surface area contributed by atoms with Gasteiger partial charge in [-0.3, -0.25) is 0 Å². The summed E-state index contributed by atoms with van der Waals surface area (Å²) in [6.07, 6.45) is 0. The predicted octanol–water partition coefficient (Wildman–Crippen LogP) is 3.32. The molecule has 2 N–H and O–H groups in total. The molecule has 0 radical (unpaired) electrons. The van der Waals surface area contributed by atoms with Crippen LogP contribution in [0.4, 0.5) is 16.2 Å². The lowest BCUT2D eigenvalue weighted by Gasteiger charge is -2.11. The monoisotopic (exact) mass is 337 g/mol. The number of nitrogens with zero attached hydrogens (tertiary/aromatic N) is 1. The van der Waals surface area contributed by atoms with Crippen LogP contribution < -0.4 is 20.3 Å². The summed E-state index contributed by atoms with van der Waals surface area (Å²) in [6, 6.07) is 14.9. The molecule has 5 nitrogen and oxygen atoms in total. The quantitative estimate of drug-likeness (QED) is 0.823. The van der Waals surface area contributed by atoms with Gasteiger partial charge in [-0.05, 0) is 43.3 Å². The van der Waals surface area contributed by atoms with Gasteiger partial charge < -0.3 is 20.3 Å². The average molecular weight is 337 g/mol. The molecule has 0 spiro atoms. The summed E-state index contributed by atoms with van der Waals surface area (Å²) in [5.41, 5.74) is 2.67. The van der Waals surface area contributed by atoms with Crippen molar-refractivity contribution in [2.75, 3.05) is 37.5 Å². The number of hydrogen-bond donors (Lipinski definition) is 2. The Labute approximate surface area is 149 Å². The van der Waals surface area contributed by atoms with E-state index in [1.165, 1.54) is 0 Å². The Morgan fingerprint density at radius 1 is 1.12 bits per heavy atom. The van der Waals surface area contributed by atoms with Crippen LogP contribution in [0, 0.1) is 11.8 Å². The van der Waals surface area contributed by atoms with E-state index >= 15 is 0 Å². The lowest BCUT2D eigenvalue weighted by molar-refractivity contribution is 0.253. The highest BCUT2D eigenvalue weighted by molar-refractivity contribution is 5.91. The van der Waals surface area contributed by atoms with Crippen LogP contribution >= 0.6 is 0 Å². The highest BCUT2D eigenvalue weighted by Gasteiger charge is 2.05. The van der Waals surface area contributed by atoms with Gasteiger partial charge in [-0.2, -0.15) is 0 Å². The Hall–Kier alpha value is -3.13. The van der Waals surface area contributed by atoms with E-state index in [-0.39, 0.29) is 12.6 Å². The fraction of sp³-hybridized carbons (Fsp3) is 0.250. The van der Waals surface area contributed by atoms with Gasteiger partial charge in [0.2, 0.25) is 0 Å². The number of anilines is 2. The Kier molecular flexibility index (Phi) is 6.73. The molecule has 0 aliphatic rings. The first kappa shape index (κ1) is 18.2. The van der Waals surface area contributed by atoms with Crippen molar-refractivity contribution < 1.29 is 9.53 Å². The predicted molar refractivity (Wildman–Crippen MR) is 102 cm³/mol. The summed E-state index contributed by atoms with van der Waals surface area (Å²) in [4.78, 5) is 14.0. The number of rotatable bonds is 5. The molecule has 25 heavy (non-hydrogen) atoms. The van der Waals surface area contributed by atoms with Gasteiger partial charge in [-0.15, -0.1) is 0 Å². The third-order valence-electron chi connectivity index (χ3n) is 3.39. The summed E-state index contributed by atoms with van der Waals surface area (Å²) >= 11 is 0. The molecule has 2 rings (SSSR count). The van der Waals surface area contributed by atoms with Crippen LogP contribution in [0.15, 0.2) is 48.5 Å². The van der Waals surface area contributed by atoms with Gasteiger partial charge in [0.25, 0.3) is 0 Å². The number of amides is 2. The second-order valence-corrected chi connectivity index (χ2v) is 5.48. The van der Waals surface area contributed by atoms with E-state index in [1.54, 1.807) is 6.07 Å². The van der Waals surface area contributed by atoms with Crippen LogP contribution in [0.5, 0.6) is 5.75 Å². The van der Waals surface area contributed by atoms with Gasteiger partial charge in [-0.25, -0.2) is 4.79 Å². The molecule has 0 aromatic heterocycles. The van der Waals surface area contributed by atoms with Crippen molar-refractivity contribution in [2.24, 2.45) is 0 Å². The van der Waals surface area contributed by atoms with E-state index in [0.717, 1.165) is 11.3 Å². The summed E-state index contributed by atoms with van der Waals surface area (Å²) < 4.78 is 5.47. The Bertz CT molecular complexity index is 759. The molecule has 0 fully saturated rings. The van der Waals surface area contributed by atoms with E-state index in [4.69, 9.17) is 4.74 Å². The van der Waals surface area contributed by atoms with E-state index in [1.807, 2.05) is 68.4 Å². The minimum absolute atomic E-state index is 0.262. The van der Waals surface area contributed by atoms with Crippen molar-refractivity contribution in [3.63, 3.8) is 0 Å². The van der Waals surface area contributed by atoms with Gasteiger partial charge in [0.05, 0.1) is 18.8 Å². The van der Waals surface area contributed by atoms with Crippen molar-refractivity contribution in [2.45, 2.75) is 6.92 Å². The third-order valence-corrected chi connectivity index (χ3v) is 3.39. The molecule has 0 aliphatic carbocycles. The molecular formula is C20H23N3O2. The van der Waals surface area contributed by atoms with Gasteiger partial charge in [0.15, 0.2) is 0 Å². The number of carbonyl (C=O) groups excluding carboxylic acids is 1. The normalized spacial score (nSPS) is 9.56. The molecule has 0 heterocycles. The highest BCUT2D eigenvalue weighted by atomic mass is 16.5. The minimum Gasteiger partial charge on any atom is -0.492 e. The van der Waals surface area contributed by atoms with E-state index in [9.17, 15) is 4.79 Å². The van der Waals surface area contributed by atoms with Gasteiger partial charge in [0, 0.05) is 25.3 Å². The van der Waals surface area contributed by atoms with Gasteiger partial charge in [-0.1, -0.05) is 24.0 Å². The minimum atomic E-state index is -0.315. The number of benzene rings is 2. The molecular weight excluding hydrogens is 314 g/mol. The smallest absolute Gasteiger partial charge is 0.320 e. The lowest BCUT2D eigenvalue weighted by Crippen LogP contribution is -2.29. The van der Waals surface area contributed by atoms with Crippen molar-refractivity contribution >= 4 is 17.4 Å². The lowest BCUT2D eigenvalue weighted by atomic mass is 10.2. The Morgan fingerprint density at radius 3 is 2.52 bits per heavy atom. The molecule has 2 amide bonds. The number of carbonyl (C=O) groups is 1. The fourth-order valence-corrected chi connectivity index (χ4v) is 2.13. The summed E-state index contributed by atoms with van der Waals surface area (Å²) in [7, 11) is 3.99. The van der Waals surface area contributed by atoms with Crippen molar-refractivity contribution in [1.29, 1.82) is 0 Å². The summed E-state index contributed by atoms with van der Waals surface area (Å²) in [5.74, 6) is 6.61. The van der Waals surface area contributed by atoms with Crippen LogP contribution in [0.2, 0.25) is 0 Å². The fourth-order valence-electron chi connectivity index (χ4n) is 2.13. The number of para-hydroxylation sites is 2. The SMILES string of the molecule is CCOc1ccccc1NC(=O)NCC#Cc1ccc(N(C)C)cc1. The number of hydrogen-bond acceptors (Lipinski definition) is 3. The zero-order valence-corrected chi connectivity index (χ0v) is 14.8. The average Bonchev–Trinajstić information content (AvgIpc) is 2.61. The van der Waals surface area contributed by atoms with Crippen LogP contribution in [-0.2, 0) is 0 Å². The topological polar surface area (TPSA) is 53.6 Å². The van der Waals surface area contributed by atoms with Crippen molar-refractivity contribution in [3.05, 3.63) is 54.1 Å². The Balaban J connectivity index is 1.85. The molecule has 0 unspecified atom stereocenters. The third kappa shape index (κ3) is 5.78. The van der Waals surface area contributed by atoms with E-state index in [2.05, 4.69) is 22.5 Å². The zero-order chi connectivity index (χ0) is 18.1. The first-order chi connectivity index (χ1) is 12.1. The maximum Gasteiger partial charge on any atom is 0.320 e. The van der Waals surface area contributed by atoms with Gasteiger partial charge >= 0.3 is 6.03 Å². The van der Waals surface area contributed by atoms with Crippen LogP contribution in [0.3, 0.4) is 0 Å². The molecule has 2 aromatic carbocycles. The van der Waals surface area contributed by atoms with Crippen LogP contribution in [-0.4, -0.2) is 33.3 Å². The summed E-state index contributed by atoms with van der Waals surface area (Å²) in [5, 5.41) is 5.48. The molecule has 2 aromatic rings. The maximum absolute atomic E-state index is 11.9. The first-order valence-electron chi connectivity index (χ1n) is 8.13. The number of nitrogens with one attached hydrogen (secondary N) is 2. The largest absolute Gasteiger partial charge is 0.492 e.